The Balaban J connectivity index is 2.18. The van der Waals surface area contributed by atoms with Gasteiger partial charge in [-0.1, -0.05) is 6.92 Å². The molecule has 0 aliphatic heterocycles. The van der Waals surface area contributed by atoms with E-state index in [1.165, 1.54) is 5.56 Å². The van der Waals surface area contributed by atoms with Crippen molar-refractivity contribution in [2.45, 2.75) is 13.3 Å². The van der Waals surface area contributed by atoms with Crippen LogP contribution in [0.5, 0.6) is 0 Å². The van der Waals surface area contributed by atoms with Crippen molar-refractivity contribution in [3.05, 3.63) is 35.2 Å². The number of oxazole rings is 1. The normalized spacial score (nSPS) is 11.1. The van der Waals surface area contributed by atoms with Gasteiger partial charge < -0.3 is 10.2 Å². The molecular formula is C13H12N2OS. The smallest absolute Gasteiger partial charge is 0.237 e. The van der Waals surface area contributed by atoms with Crippen LogP contribution in [-0.4, -0.2) is 4.98 Å². The van der Waals surface area contributed by atoms with Crippen LogP contribution in [0.1, 0.15) is 12.5 Å². The molecule has 0 radical (unpaired) electrons. The van der Waals surface area contributed by atoms with Crippen LogP contribution < -0.4 is 5.73 Å². The van der Waals surface area contributed by atoms with Gasteiger partial charge >= 0.3 is 0 Å². The number of fused-ring (bicyclic) bond motifs is 1. The Morgan fingerprint density at radius 2 is 2.24 bits per heavy atom. The predicted octanol–water partition coefficient (Wildman–Crippen LogP) is 3.70. The van der Waals surface area contributed by atoms with Gasteiger partial charge in [0.25, 0.3) is 0 Å². The molecule has 4 heteroatoms. The van der Waals surface area contributed by atoms with E-state index in [2.05, 4.69) is 23.4 Å². The third kappa shape index (κ3) is 1.70. The van der Waals surface area contributed by atoms with Gasteiger partial charge in [-0.25, -0.2) is 4.98 Å². The molecule has 2 heterocycles. The molecule has 2 aromatic heterocycles. The number of aryl methyl sites for hydroxylation is 1. The van der Waals surface area contributed by atoms with E-state index in [0.717, 1.165) is 22.4 Å². The zero-order valence-electron chi connectivity index (χ0n) is 9.43. The Labute approximate surface area is 103 Å². The fraction of sp³-hybridized carbons (Fsp3) is 0.154. The first-order valence-corrected chi connectivity index (χ1v) is 6.38. The molecule has 3 nitrogen and oxygen atoms in total. The second kappa shape index (κ2) is 3.89. The van der Waals surface area contributed by atoms with Gasteiger partial charge in [0.05, 0.1) is 4.88 Å². The Morgan fingerprint density at radius 1 is 1.35 bits per heavy atom. The van der Waals surface area contributed by atoms with Crippen LogP contribution in [0.2, 0.25) is 0 Å². The van der Waals surface area contributed by atoms with Crippen molar-refractivity contribution < 1.29 is 4.42 Å². The molecule has 3 aromatic rings. The lowest BCUT2D eigenvalue weighted by molar-refractivity contribution is 0.621. The Kier molecular flexibility index (Phi) is 2.37. The highest BCUT2D eigenvalue weighted by atomic mass is 32.1. The summed E-state index contributed by atoms with van der Waals surface area (Å²) in [6, 6.07) is 7.65. The van der Waals surface area contributed by atoms with E-state index in [-0.39, 0.29) is 0 Å². The highest BCUT2D eigenvalue weighted by Crippen LogP contribution is 2.32. The zero-order valence-corrected chi connectivity index (χ0v) is 10.3. The molecule has 0 bridgehead atoms. The van der Waals surface area contributed by atoms with Gasteiger partial charge in [-0.3, -0.25) is 0 Å². The molecule has 17 heavy (non-hydrogen) atoms. The summed E-state index contributed by atoms with van der Waals surface area (Å²) >= 11 is 1.66. The second-order valence-electron chi connectivity index (χ2n) is 3.87. The van der Waals surface area contributed by atoms with Crippen LogP contribution in [0.3, 0.4) is 0 Å². The highest BCUT2D eigenvalue weighted by molar-refractivity contribution is 7.13. The van der Waals surface area contributed by atoms with Crippen LogP contribution in [0.25, 0.3) is 21.9 Å². The van der Waals surface area contributed by atoms with Crippen molar-refractivity contribution in [1.29, 1.82) is 0 Å². The summed E-state index contributed by atoms with van der Waals surface area (Å²) in [6.45, 7) is 2.13. The summed E-state index contributed by atoms with van der Waals surface area (Å²) in [7, 11) is 0. The molecule has 1 aromatic carbocycles. The molecule has 86 valence electrons. The van der Waals surface area contributed by atoms with Crippen molar-refractivity contribution in [2.24, 2.45) is 0 Å². The third-order valence-corrected chi connectivity index (χ3v) is 3.68. The van der Waals surface area contributed by atoms with E-state index in [9.17, 15) is 0 Å². The monoisotopic (exact) mass is 244 g/mol. The van der Waals surface area contributed by atoms with Gasteiger partial charge in [-0.05, 0) is 35.6 Å². The van der Waals surface area contributed by atoms with Crippen molar-refractivity contribution >= 4 is 28.1 Å². The van der Waals surface area contributed by atoms with E-state index in [4.69, 9.17) is 10.2 Å². The number of thiophene rings is 1. The molecule has 0 fully saturated rings. The Morgan fingerprint density at radius 3 is 3.06 bits per heavy atom. The average molecular weight is 244 g/mol. The van der Waals surface area contributed by atoms with E-state index in [0.29, 0.717) is 11.6 Å². The SMILES string of the molecule is CCc1ccsc1-c1nc2ccc(N)cc2o1. The topological polar surface area (TPSA) is 52.0 Å². The molecule has 0 spiro atoms. The lowest BCUT2D eigenvalue weighted by Gasteiger charge is -1.94. The molecule has 0 aliphatic rings. The quantitative estimate of drug-likeness (QED) is 0.699. The van der Waals surface area contributed by atoms with Gasteiger partial charge in [-0.2, -0.15) is 0 Å². The first-order chi connectivity index (χ1) is 8.28. The van der Waals surface area contributed by atoms with Gasteiger partial charge in [0.15, 0.2) is 5.58 Å². The maximum Gasteiger partial charge on any atom is 0.237 e. The maximum atomic E-state index is 5.76. The Bertz CT molecular complexity index is 669. The van der Waals surface area contributed by atoms with Crippen LogP contribution >= 0.6 is 11.3 Å². The van der Waals surface area contributed by atoms with Gasteiger partial charge in [0.2, 0.25) is 5.89 Å². The maximum absolute atomic E-state index is 5.76. The van der Waals surface area contributed by atoms with Crippen LogP contribution in [0.4, 0.5) is 5.69 Å². The van der Waals surface area contributed by atoms with Crippen molar-refractivity contribution in [2.75, 3.05) is 5.73 Å². The molecule has 0 aliphatic carbocycles. The molecule has 0 saturated heterocycles. The highest BCUT2D eigenvalue weighted by Gasteiger charge is 2.12. The number of hydrogen-bond acceptors (Lipinski definition) is 4. The van der Waals surface area contributed by atoms with Crippen LogP contribution in [0.15, 0.2) is 34.1 Å². The standard InChI is InChI=1S/C13H12N2OS/c1-2-8-5-6-17-12(8)13-15-10-4-3-9(14)7-11(10)16-13/h3-7H,2,14H2,1H3. The number of nitrogen functional groups attached to an aromatic ring is 1. The molecule has 0 amide bonds. The summed E-state index contributed by atoms with van der Waals surface area (Å²) in [5, 5.41) is 2.07. The molecule has 0 atom stereocenters. The predicted molar refractivity (Wildman–Crippen MR) is 71.1 cm³/mol. The largest absolute Gasteiger partial charge is 0.435 e. The second-order valence-corrected chi connectivity index (χ2v) is 4.79. The number of anilines is 1. The average Bonchev–Trinajstić information content (AvgIpc) is 2.93. The molecular weight excluding hydrogens is 232 g/mol. The van der Waals surface area contributed by atoms with Gasteiger partial charge in [0.1, 0.15) is 5.52 Å². The lowest BCUT2D eigenvalue weighted by atomic mass is 10.2. The number of hydrogen-bond donors (Lipinski definition) is 1. The lowest BCUT2D eigenvalue weighted by Crippen LogP contribution is -1.81. The summed E-state index contributed by atoms with van der Waals surface area (Å²) in [4.78, 5) is 5.61. The van der Waals surface area contributed by atoms with Gasteiger partial charge in [0, 0.05) is 11.8 Å². The minimum absolute atomic E-state index is 0.692. The number of nitrogens with two attached hydrogens (primary N) is 1. The number of nitrogens with zero attached hydrogens (tertiary/aromatic N) is 1. The summed E-state index contributed by atoms with van der Waals surface area (Å²) in [5.74, 6) is 0.692. The van der Waals surface area contributed by atoms with Crippen molar-refractivity contribution in [3.8, 4) is 10.8 Å². The minimum Gasteiger partial charge on any atom is -0.435 e. The van der Waals surface area contributed by atoms with E-state index < -0.39 is 0 Å². The molecule has 2 N–H and O–H groups in total. The van der Waals surface area contributed by atoms with Crippen molar-refractivity contribution in [1.82, 2.24) is 4.98 Å². The summed E-state index contributed by atoms with van der Waals surface area (Å²) < 4.78 is 5.76. The Hall–Kier alpha value is -1.81. The van der Waals surface area contributed by atoms with E-state index in [1.807, 2.05) is 18.2 Å². The van der Waals surface area contributed by atoms with Crippen LogP contribution in [0, 0.1) is 0 Å². The summed E-state index contributed by atoms with van der Waals surface area (Å²) in [5.41, 5.74) is 9.29. The third-order valence-electron chi connectivity index (χ3n) is 2.73. The molecule has 3 rings (SSSR count). The minimum atomic E-state index is 0.692. The fourth-order valence-corrected chi connectivity index (χ4v) is 2.76. The summed E-state index contributed by atoms with van der Waals surface area (Å²) in [6.07, 6.45) is 0.986. The first-order valence-electron chi connectivity index (χ1n) is 5.50. The zero-order chi connectivity index (χ0) is 11.8. The fourth-order valence-electron chi connectivity index (χ4n) is 1.84. The van der Waals surface area contributed by atoms with Crippen molar-refractivity contribution in [3.63, 3.8) is 0 Å². The van der Waals surface area contributed by atoms with Crippen LogP contribution in [-0.2, 0) is 6.42 Å². The first kappa shape index (κ1) is 10.4. The van der Waals surface area contributed by atoms with E-state index in [1.54, 1.807) is 11.3 Å². The number of benzene rings is 1. The molecule has 0 unspecified atom stereocenters. The number of rotatable bonds is 2. The van der Waals surface area contributed by atoms with E-state index >= 15 is 0 Å². The number of aromatic nitrogens is 1. The molecule has 0 saturated carbocycles. The van der Waals surface area contributed by atoms with Gasteiger partial charge in [-0.15, -0.1) is 11.3 Å².